The number of nitrogens with zero attached hydrogens (tertiary/aromatic N) is 1. The molecule has 0 aromatic carbocycles. The van der Waals surface area contributed by atoms with Crippen LogP contribution in [0, 0.1) is 5.92 Å². The average molecular weight is 309 g/mol. The lowest BCUT2D eigenvalue weighted by molar-refractivity contribution is -0.127. The lowest BCUT2D eigenvalue weighted by atomic mass is 9.90. The van der Waals surface area contributed by atoms with Crippen molar-refractivity contribution in [3.63, 3.8) is 0 Å². The summed E-state index contributed by atoms with van der Waals surface area (Å²) in [5.41, 5.74) is 0. The standard InChI is InChI=1S/C14H26F3N3O/c1-3-4-12-7-13(19-10-14(15,16)17)9-20(8-12)6-5-18-11(2)21/h12-13,19H,3-10H2,1-2H3,(H,18,21). The van der Waals surface area contributed by atoms with Gasteiger partial charge in [-0.1, -0.05) is 13.3 Å². The highest BCUT2D eigenvalue weighted by atomic mass is 19.4. The molecule has 1 aliphatic rings. The summed E-state index contributed by atoms with van der Waals surface area (Å²) in [7, 11) is 0. The minimum absolute atomic E-state index is 0.0798. The van der Waals surface area contributed by atoms with Gasteiger partial charge in [-0.3, -0.25) is 9.69 Å². The van der Waals surface area contributed by atoms with E-state index in [0.717, 1.165) is 25.8 Å². The normalized spacial score (nSPS) is 24.0. The molecular formula is C14H26F3N3O. The molecule has 7 heteroatoms. The van der Waals surface area contributed by atoms with E-state index in [9.17, 15) is 18.0 Å². The number of rotatable bonds is 7. The van der Waals surface area contributed by atoms with Crippen LogP contribution in [0.4, 0.5) is 13.2 Å². The third-order valence-corrected chi connectivity index (χ3v) is 3.70. The van der Waals surface area contributed by atoms with Crippen LogP contribution in [0.15, 0.2) is 0 Å². The fourth-order valence-corrected chi connectivity index (χ4v) is 2.90. The molecule has 21 heavy (non-hydrogen) atoms. The van der Waals surface area contributed by atoms with E-state index in [1.807, 2.05) is 0 Å². The van der Waals surface area contributed by atoms with Crippen LogP contribution in [0.2, 0.25) is 0 Å². The van der Waals surface area contributed by atoms with Crippen molar-refractivity contribution in [1.82, 2.24) is 15.5 Å². The van der Waals surface area contributed by atoms with Gasteiger partial charge in [-0.25, -0.2) is 0 Å². The zero-order valence-electron chi connectivity index (χ0n) is 12.8. The van der Waals surface area contributed by atoms with Gasteiger partial charge in [-0.2, -0.15) is 13.2 Å². The third kappa shape index (κ3) is 8.26. The van der Waals surface area contributed by atoms with E-state index in [1.54, 1.807) is 0 Å². The fraction of sp³-hybridized carbons (Fsp3) is 0.929. The predicted octanol–water partition coefficient (Wildman–Crippen LogP) is 1.77. The first-order valence-corrected chi connectivity index (χ1v) is 7.57. The van der Waals surface area contributed by atoms with E-state index in [2.05, 4.69) is 22.5 Å². The Hall–Kier alpha value is -0.820. The molecule has 0 spiro atoms. The summed E-state index contributed by atoms with van der Waals surface area (Å²) in [5, 5.41) is 5.35. The Balaban J connectivity index is 2.45. The molecule has 4 nitrogen and oxygen atoms in total. The van der Waals surface area contributed by atoms with Gasteiger partial charge in [0.1, 0.15) is 0 Å². The van der Waals surface area contributed by atoms with Crippen LogP contribution >= 0.6 is 0 Å². The predicted molar refractivity (Wildman–Crippen MR) is 76.0 cm³/mol. The number of alkyl halides is 3. The molecule has 1 aliphatic heterocycles. The summed E-state index contributed by atoms with van der Waals surface area (Å²) < 4.78 is 37.0. The van der Waals surface area contributed by atoms with Crippen LogP contribution in [-0.2, 0) is 4.79 Å². The molecule has 0 aliphatic carbocycles. The molecular weight excluding hydrogens is 283 g/mol. The lowest BCUT2D eigenvalue weighted by Crippen LogP contribution is -2.52. The van der Waals surface area contributed by atoms with Crippen LogP contribution in [-0.4, -0.2) is 55.7 Å². The monoisotopic (exact) mass is 309 g/mol. The molecule has 0 aromatic heterocycles. The second kappa shape index (κ2) is 8.58. The number of hydrogen-bond donors (Lipinski definition) is 2. The molecule has 0 bridgehead atoms. The Morgan fingerprint density at radius 2 is 2.05 bits per heavy atom. The molecule has 0 aromatic rings. The molecule has 1 fully saturated rings. The van der Waals surface area contributed by atoms with Crippen LogP contribution in [0.3, 0.4) is 0 Å². The van der Waals surface area contributed by atoms with E-state index in [0.29, 0.717) is 25.6 Å². The van der Waals surface area contributed by atoms with Crippen LogP contribution in [0.5, 0.6) is 0 Å². The topological polar surface area (TPSA) is 44.4 Å². The van der Waals surface area contributed by atoms with Crippen molar-refractivity contribution in [2.45, 2.75) is 45.3 Å². The highest BCUT2D eigenvalue weighted by molar-refractivity contribution is 5.72. The SMILES string of the molecule is CCCC1CC(NCC(F)(F)F)CN(CCNC(C)=O)C1. The van der Waals surface area contributed by atoms with Gasteiger partial charge in [0.15, 0.2) is 0 Å². The smallest absolute Gasteiger partial charge is 0.355 e. The van der Waals surface area contributed by atoms with Gasteiger partial charge < -0.3 is 10.6 Å². The number of halogens is 3. The Kier molecular flexibility index (Phi) is 7.45. The first kappa shape index (κ1) is 18.2. The number of carbonyl (C=O) groups excluding carboxylic acids is 1. The van der Waals surface area contributed by atoms with Crippen molar-refractivity contribution >= 4 is 5.91 Å². The van der Waals surface area contributed by atoms with Gasteiger partial charge in [0.05, 0.1) is 6.54 Å². The van der Waals surface area contributed by atoms with E-state index in [-0.39, 0.29) is 11.9 Å². The maximum absolute atomic E-state index is 12.3. The van der Waals surface area contributed by atoms with E-state index in [4.69, 9.17) is 0 Å². The summed E-state index contributed by atoms with van der Waals surface area (Å²) in [4.78, 5) is 13.0. The second-order valence-corrected chi connectivity index (χ2v) is 5.83. The van der Waals surface area contributed by atoms with Crippen molar-refractivity contribution < 1.29 is 18.0 Å². The van der Waals surface area contributed by atoms with Gasteiger partial charge in [0.2, 0.25) is 5.91 Å². The molecule has 2 atom stereocenters. The zero-order chi connectivity index (χ0) is 15.9. The summed E-state index contributed by atoms with van der Waals surface area (Å²) in [6.45, 7) is 5.35. The second-order valence-electron chi connectivity index (χ2n) is 5.83. The number of carbonyl (C=O) groups is 1. The van der Waals surface area contributed by atoms with Gasteiger partial charge in [0, 0.05) is 39.1 Å². The molecule has 2 N–H and O–H groups in total. The summed E-state index contributed by atoms with van der Waals surface area (Å²) in [6, 6.07) is -0.130. The van der Waals surface area contributed by atoms with Crippen LogP contribution < -0.4 is 10.6 Å². The molecule has 2 unspecified atom stereocenters. The van der Waals surface area contributed by atoms with Gasteiger partial charge in [0.25, 0.3) is 0 Å². The third-order valence-electron chi connectivity index (χ3n) is 3.70. The van der Waals surface area contributed by atoms with Crippen molar-refractivity contribution in [2.24, 2.45) is 5.92 Å². The van der Waals surface area contributed by atoms with Crippen molar-refractivity contribution in [3.05, 3.63) is 0 Å². The van der Waals surface area contributed by atoms with Gasteiger partial charge >= 0.3 is 6.18 Å². The van der Waals surface area contributed by atoms with Crippen molar-refractivity contribution in [2.75, 3.05) is 32.7 Å². The first-order chi connectivity index (χ1) is 9.80. The molecule has 1 saturated heterocycles. The average Bonchev–Trinajstić information content (AvgIpc) is 2.35. The lowest BCUT2D eigenvalue weighted by Gasteiger charge is -2.38. The van der Waals surface area contributed by atoms with Crippen molar-refractivity contribution in [3.8, 4) is 0 Å². The Labute approximate surface area is 124 Å². The zero-order valence-corrected chi connectivity index (χ0v) is 12.8. The quantitative estimate of drug-likeness (QED) is 0.753. The highest BCUT2D eigenvalue weighted by Crippen LogP contribution is 2.22. The van der Waals surface area contributed by atoms with Gasteiger partial charge in [-0.05, 0) is 18.8 Å². The Morgan fingerprint density at radius 1 is 1.33 bits per heavy atom. The molecule has 0 saturated carbocycles. The summed E-state index contributed by atoms with van der Waals surface area (Å²) in [6.07, 6.45) is -1.31. The largest absolute Gasteiger partial charge is 0.401 e. The van der Waals surface area contributed by atoms with E-state index in [1.165, 1.54) is 6.92 Å². The first-order valence-electron chi connectivity index (χ1n) is 7.57. The van der Waals surface area contributed by atoms with Crippen molar-refractivity contribution in [1.29, 1.82) is 0 Å². The maximum atomic E-state index is 12.3. The van der Waals surface area contributed by atoms with Crippen LogP contribution in [0.25, 0.3) is 0 Å². The summed E-state index contributed by atoms with van der Waals surface area (Å²) >= 11 is 0. The number of hydrogen-bond acceptors (Lipinski definition) is 3. The number of nitrogens with one attached hydrogen (secondary N) is 2. The molecule has 0 radical (unpaired) electrons. The van der Waals surface area contributed by atoms with Crippen LogP contribution in [0.1, 0.15) is 33.1 Å². The Bertz CT molecular complexity index is 323. The summed E-state index contributed by atoms with van der Waals surface area (Å²) in [5.74, 6) is 0.343. The molecule has 124 valence electrons. The minimum atomic E-state index is -4.17. The molecule has 1 heterocycles. The van der Waals surface area contributed by atoms with Gasteiger partial charge in [-0.15, -0.1) is 0 Å². The number of amides is 1. The molecule has 1 amide bonds. The highest BCUT2D eigenvalue weighted by Gasteiger charge is 2.31. The Morgan fingerprint density at radius 3 is 2.62 bits per heavy atom. The number of piperidine rings is 1. The minimum Gasteiger partial charge on any atom is -0.355 e. The molecule has 1 rings (SSSR count). The van der Waals surface area contributed by atoms with E-state index >= 15 is 0 Å². The number of likely N-dealkylation sites (tertiary alicyclic amines) is 1. The van der Waals surface area contributed by atoms with E-state index < -0.39 is 12.7 Å². The maximum Gasteiger partial charge on any atom is 0.401 e. The fourth-order valence-electron chi connectivity index (χ4n) is 2.90.